The minimum Gasteiger partial charge on any atom is -0.309 e. The molecule has 6 rings (SSSR count). The lowest BCUT2D eigenvalue weighted by Crippen LogP contribution is -2.10. The van der Waals surface area contributed by atoms with Crippen molar-refractivity contribution < 1.29 is 0 Å². The number of aromatic nitrogens is 2. The summed E-state index contributed by atoms with van der Waals surface area (Å²) in [5, 5.41) is 11.9. The van der Waals surface area contributed by atoms with Crippen LogP contribution in [0.25, 0.3) is 33.1 Å². The Labute approximate surface area is 192 Å². The Balaban J connectivity index is 1.59. The Hall–Kier alpha value is -4.42. The van der Waals surface area contributed by atoms with E-state index in [-0.39, 0.29) is 5.92 Å². The molecule has 33 heavy (non-hydrogen) atoms. The maximum Gasteiger partial charge on any atom is 0.141 e. The first-order valence-electron chi connectivity index (χ1n) is 11.2. The lowest BCUT2D eigenvalue weighted by Gasteiger charge is -2.25. The molecule has 0 aliphatic heterocycles. The molecule has 3 nitrogen and oxygen atoms in total. The van der Waals surface area contributed by atoms with E-state index in [1.165, 1.54) is 33.1 Å². The molecule has 0 bridgehead atoms. The van der Waals surface area contributed by atoms with Gasteiger partial charge in [-0.25, -0.2) is 4.98 Å². The zero-order valence-corrected chi connectivity index (χ0v) is 18.0. The Kier molecular flexibility index (Phi) is 4.63. The lowest BCUT2D eigenvalue weighted by molar-refractivity contribution is 0.856. The van der Waals surface area contributed by atoms with Crippen molar-refractivity contribution in [2.75, 3.05) is 0 Å². The van der Waals surface area contributed by atoms with E-state index < -0.39 is 0 Å². The number of pyridine rings is 1. The van der Waals surface area contributed by atoms with Crippen LogP contribution in [0.1, 0.15) is 29.3 Å². The van der Waals surface area contributed by atoms with E-state index in [1.54, 1.807) is 6.07 Å². The van der Waals surface area contributed by atoms with Gasteiger partial charge in [0, 0.05) is 22.4 Å². The van der Waals surface area contributed by atoms with Gasteiger partial charge in [0.15, 0.2) is 0 Å². The highest BCUT2D eigenvalue weighted by molar-refractivity contribution is 6.09. The van der Waals surface area contributed by atoms with Crippen molar-refractivity contribution in [2.24, 2.45) is 0 Å². The number of rotatable bonds is 3. The van der Waals surface area contributed by atoms with Gasteiger partial charge in [0.2, 0.25) is 0 Å². The van der Waals surface area contributed by atoms with Gasteiger partial charge >= 0.3 is 0 Å². The van der Waals surface area contributed by atoms with Gasteiger partial charge in [-0.2, -0.15) is 5.26 Å². The highest BCUT2D eigenvalue weighted by Gasteiger charge is 2.24. The molecule has 1 aliphatic carbocycles. The largest absolute Gasteiger partial charge is 0.309 e. The third-order valence-electron chi connectivity index (χ3n) is 6.45. The van der Waals surface area contributed by atoms with Crippen molar-refractivity contribution >= 4 is 27.4 Å². The van der Waals surface area contributed by atoms with Gasteiger partial charge in [-0.1, -0.05) is 78.9 Å². The van der Waals surface area contributed by atoms with Crippen molar-refractivity contribution in [1.29, 1.82) is 5.26 Å². The molecular weight excluding hydrogens is 402 g/mol. The first-order valence-corrected chi connectivity index (χ1v) is 11.2. The molecule has 0 fully saturated rings. The Morgan fingerprint density at radius 1 is 0.788 bits per heavy atom. The third-order valence-corrected chi connectivity index (χ3v) is 6.45. The fraction of sp³-hybridized carbons (Fsp3) is 0.0667. The summed E-state index contributed by atoms with van der Waals surface area (Å²) in [6.07, 6.45) is 7.33. The second-order valence-corrected chi connectivity index (χ2v) is 8.29. The Bertz CT molecular complexity index is 1560. The molecule has 1 atom stereocenters. The smallest absolute Gasteiger partial charge is 0.141 e. The quantitative estimate of drug-likeness (QED) is 0.308. The number of allylic oxidation sites excluding steroid dienone is 4. The van der Waals surface area contributed by atoms with Crippen LogP contribution in [0, 0.1) is 11.3 Å². The summed E-state index contributed by atoms with van der Waals surface area (Å²) >= 11 is 0. The molecule has 3 heteroatoms. The first kappa shape index (κ1) is 19.3. The molecule has 156 valence electrons. The van der Waals surface area contributed by atoms with Crippen molar-refractivity contribution in [1.82, 2.24) is 9.55 Å². The summed E-state index contributed by atoms with van der Waals surface area (Å²) in [6, 6.07) is 33.7. The number of hydrogen-bond acceptors (Lipinski definition) is 2. The van der Waals surface area contributed by atoms with E-state index >= 15 is 0 Å². The van der Waals surface area contributed by atoms with Crippen molar-refractivity contribution in [3.8, 4) is 11.8 Å². The molecule has 5 aromatic rings. The molecule has 0 N–H and O–H groups in total. The molecule has 2 heterocycles. The fourth-order valence-corrected chi connectivity index (χ4v) is 5.01. The summed E-state index contributed by atoms with van der Waals surface area (Å²) < 4.78 is 2.38. The van der Waals surface area contributed by atoms with Crippen molar-refractivity contribution in [3.05, 3.63) is 126 Å². The van der Waals surface area contributed by atoms with E-state index in [4.69, 9.17) is 0 Å². The Morgan fingerprint density at radius 3 is 2.24 bits per heavy atom. The Morgan fingerprint density at radius 2 is 1.48 bits per heavy atom. The van der Waals surface area contributed by atoms with Gasteiger partial charge in [0.05, 0.1) is 16.7 Å². The van der Waals surface area contributed by atoms with Crippen LogP contribution >= 0.6 is 0 Å². The molecule has 0 spiro atoms. The summed E-state index contributed by atoms with van der Waals surface area (Å²) in [6.45, 7) is 0. The average Bonchev–Trinajstić information content (AvgIpc) is 3.23. The normalized spacial score (nSPS) is 15.5. The average molecular weight is 424 g/mol. The SMILES string of the molecule is N#Cc1cccc(C2=CC=CCC2c2ccccc2-n2c3ccccc3c3ccccc32)n1. The molecule has 0 saturated carbocycles. The van der Waals surface area contributed by atoms with Crippen LogP contribution in [-0.4, -0.2) is 9.55 Å². The van der Waals surface area contributed by atoms with Gasteiger partial charge < -0.3 is 4.57 Å². The number of fused-ring (bicyclic) bond motifs is 3. The second-order valence-electron chi connectivity index (χ2n) is 8.29. The predicted molar refractivity (Wildman–Crippen MR) is 134 cm³/mol. The molecule has 0 amide bonds. The van der Waals surface area contributed by atoms with Crippen molar-refractivity contribution in [3.63, 3.8) is 0 Å². The summed E-state index contributed by atoms with van der Waals surface area (Å²) in [4.78, 5) is 4.61. The summed E-state index contributed by atoms with van der Waals surface area (Å²) in [5.74, 6) is 0.146. The van der Waals surface area contributed by atoms with Gasteiger partial charge in [0.25, 0.3) is 0 Å². The highest BCUT2D eigenvalue weighted by Crippen LogP contribution is 2.41. The monoisotopic (exact) mass is 423 g/mol. The zero-order valence-electron chi connectivity index (χ0n) is 18.0. The van der Waals surface area contributed by atoms with Crippen LogP contribution in [-0.2, 0) is 0 Å². The standard InChI is InChI=1S/C30H21N3/c31-20-21-10-9-16-27(32-21)23-12-2-1-11-22(23)24-13-3-6-17-28(24)33-29-18-7-4-14-25(29)26-15-5-8-19-30(26)33/h1-10,12-19,22H,11H2. The number of nitrogens with zero attached hydrogens (tertiary/aromatic N) is 3. The van der Waals surface area contributed by atoms with Crippen LogP contribution in [0.4, 0.5) is 0 Å². The first-order chi connectivity index (χ1) is 16.3. The van der Waals surface area contributed by atoms with Crippen LogP contribution in [0.3, 0.4) is 0 Å². The minimum absolute atomic E-state index is 0.146. The van der Waals surface area contributed by atoms with Gasteiger partial charge in [-0.05, 0) is 47.9 Å². The van der Waals surface area contributed by atoms with Crippen molar-refractivity contribution in [2.45, 2.75) is 12.3 Å². The van der Waals surface area contributed by atoms with E-state index in [9.17, 15) is 5.26 Å². The molecule has 1 aliphatic rings. The summed E-state index contributed by atoms with van der Waals surface area (Å²) in [5.41, 5.74) is 7.28. The van der Waals surface area contributed by atoms with Crippen LogP contribution in [0.15, 0.2) is 109 Å². The number of para-hydroxylation sites is 3. The second kappa shape index (κ2) is 7.93. The van der Waals surface area contributed by atoms with E-state index in [1.807, 2.05) is 12.1 Å². The maximum absolute atomic E-state index is 9.36. The summed E-state index contributed by atoms with van der Waals surface area (Å²) in [7, 11) is 0. The fourth-order valence-electron chi connectivity index (χ4n) is 5.01. The molecule has 2 aromatic heterocycles. The molecule has 3 aromatic carbocycles. The molecule has 1 unspecified atom stereocenters. The third kappa shape index (κ3) is 3.16. The van der Waals surface area contributed by atoms with Gasteiger partial charge in [0.1, 0.15) is 11.8 Å². The number of benzene rings is 3. The van der Waals surface area contributed by atoms with Gasteiger partial charge in [-0.3, -0.25) is 0 Å². The van der Waals surface area contributed by atoms with Crippen LogP contribution in [0.2, 0.25) is 0 Å². The highest BCUT2D eigenvalue weighted by atomic mass is 15.0. The predicted octanol–water partition coefficient (Wildman–Crippen LogP) is 7.18. The molecular formula is C30H21N3. The van der Waals surface area contributed by atoms with Gasteiger partial charge in [-0.15, -0.1) is 0 Å². The van der Waals surface area contributed by atoms with Crippen LogP contribution < -0.4 is 0 Å². The van der Waals surface area contributed by atoms with E-state index in [2.05, 4.69) is 107 Å². The molecule has 0 saturated heterocycles. The van der Waals surface area contributed by atoms with Crippen LogP contribution in [0.5, 0.6) is 0 Å². The topological polar surface area (TPSA) is 41.6 Å². The maximum atomic E-state index is 9.36. The van der Waals surface area contributed by atoms with E-state index in [0.29, 0.717) is 5.69 Å². The number of nitriles is 1. The number of hydrogen-bond donors (Lipinski definition) is 0. The minimum atomic E-state index is 0.146. The lowest BCUT2D eigenvalue weighted by atomic mass is 9.82. The molecule has 0 radical (unpaired) electrons. The van der Waals surface area contributed by atoms with E-state index in [0.717, 1.165) is 17.7 Å². The zero-order chi connectivity index (χ0) is 22.2.